The van der Waals surface area contributed by atoms with Crippen molar-refractivity contribution in [2.24, 2.45) is 0 Å². The van der Waals surface area contributed by atoms with Gasteiger partial charge in [0, 0.05) is 30.4 Å². The predicted molar refractivity (Wildman–Crippen MR) is 107 cm³/mol. The molecule has 0 amide bonds. The molecular formula is C22H22NNaO7. The van der Waals surface area contributed by atoms with Crippen molar-refractivity contribution in [1.82, 2.24) is 4.90 Å². The van der Waals surface area contributed by atoms with E-state index in [1.807, 2.05) is 24.1 Å². The Morgan fingerprint density at radius 1 is 1.10 bits per heavy atom. The summed E-state index contributed by atoms with van der Waals surface area (Å²) < 4.78 is 27.4. The molecule has 0 bridgehead atoms. The van der Waals surface area contributed by atoms with Gasteiger partial charge in [0.1, 0.15) is 0 Å². The Morgan fingerprint density at radius 2 is 1.84 bits per heavy atom. The summed E-state index contributed by atoms with van der Waals surface area (Å²) in [7, 11) is 6.33. The first-order valence-electron chi connectivity index (χ1n) is 9.39. The quantitative estimate of drug-likeness (QED) is 0.541. The van der Waals surface area contributed by atoms with Gasteiger partial charge < -0.3 is 38.5 Å². The molecule has 2 aliphatic heterocycles. The standard InChI is InChI=1S/C22H23NO7.Na/c1-23-8-7-12-9-17-21(30-11-29-17)19(27-3)14(12)10-15(23)13-5-6-16(26-2)20(28-4)18(13)22(24)25;/h5-6,9-10H,7-8,11H2,1-4H3,(H,24,25);/q;+1/p-1. The fraction of sp³-hybridized carbons (Fsp3) is 0.318. The van der Waals surface area contributed by atoms with Gasteiger partial charge in [-0.05, 0) is 36.3 Å². The molecule has 158 valence electrons. The number of hydrogen-bond donors (Lipinski definition) is 0. The second-order valence-electron chi connectivity index (χ2n) is 6.93. The molecule has 0 unspecified atom stereocenters. The molecule has 0 N–H and O–H groups in total. The van der Waals surface area contributed by atoms with Gasteiger partial charge >= 0.3 is 29.6 Å². The summed E-state index contributed by atoms with van der Waals surface area (Å²) in [5.74, 6) is 0.834. The molecule has 0 atom stereocenters. The van der Waals surface area contributed by atoms with Crippen LogP contribution in [0.25, 0.3) is 11.8 Å². The van der Waals surface area contributed by atoms with E-state index in [9.17, 15) is 9.90 Å². The molecule has 9 heteroatoms. The van der Waals surface area contributed by atoms with Gasteiger partial charge in [-0.15, -0.1) is 0 Å². The second kappa shape index (κ2) is 9.30. The average Bonchev–Trinajstić information content (AvgIpc) is 3.15. The second-order valence-corrected chi connectivity index (χ2v) is 6.93. The van der Waals surface area contributed by atoms with E-state index in [1.165, 1.54) is 14.2 Å². The van der Waals surface area contributed by atoms with E-state index in [0.29, 0.717) is 47.2 Å². The Hall–Kier alpha value is -2.55. The summed E-state index contributed by atoms with van der Waals surface area (Å²) in [5.41, 5.74) is 2.92. The Balaban J connectivity index is 0.00000272. The number of fused-ring (bicyclic) bond motifs is 2. The number of carbonyl (C=O) groups excluding carboxylic acids is 1. The normalized spacial score (nSPS) is 14.1. The SMILES string of the molecule is COc1ccc(C2=Cc3c(cc4c(c3OC)OCO4)CCN2C)c(C(=O)[O-])c1OC.[Na+]. The number of aromatic carboxylic acids is 1. The summed E-state index contributed by atoms with van der Waals surface area (Å²) in [6.07, 6.45) is 2.61. The van der Waals surface area contributed by atoms with Crippen LogP contribution in [0.15, 0.2) is 18.2 Å². The number of benzene rings is 2. The minimum Gasteiger partial charge on any atom is -0.545 e. The topological polar surface area (TPSA) is 89.5 Å². The molecule has 0 spiro atoms. The number of carboxylic acid groups (broad SMARTS) is 1. The molecule has 4 rings (SSSR count). The molecule has 0 aliphatic carbocycles. The Morgan fingerprint density at radius 3 is 2.48 bits per heavy atom. The molecule has 0 aromatic heterocycles. The third-order valence-corrected chi connectivity index (χ3v) is 5.38. The maximum atomic E-state index is 12.1. The van der Waals surface area contributed by atoms with Gasteiger partial charge in [0.25, 0.3) is 0 Å². The summed E-state index contributed by atoms with van der Waals surface area (Å²) >= 11 is 0. The van der Waals surface area contributed by atoms with E-state index in [0.717, 1.165) is 11.1 Å². The average molecular weight is 435 g/mol. The number of carbonyl (C=O) groups is 1. The van der Waals surface area contributed by atoms with Crippen molar-refractivity contribution in [2.45, 2.75) is 6.42 Å². The Kier molecular flexibility index (Phi) is 6.93. The molecule has 0 fully saturated rings. The third kappa shape index (κ3) is 3.91. The fourth-order valence-electron chi connectivity index (χ4n) is 3.93. The number of likely N-dealkylation sites (N-methyl/N-ethyl adjacent to an activating group) is 1. The van der Waals surface area contributed by atoms with Crippen molar-refractivity contribution in [3.63, 3.8) is 0 Å². The van der Waals surface area contributed by atoms with Gasteiger partial charge in [-0.25, -0.2) is 0 Å². The van der Waals surface area contributed by atoms with Crippen LogP contribution < -0.4 is 58.3 Å². The van der Waals surface area contributed by atoms with E-state index in [2.05, 4.69) is 0 Å². The van der Waals surface area contributed by atoms with Crippen LogP contribution in [0.5, 0.6) is 28.7 Å². The van der Waals surface area contributed by atoms with Gasteiger partial charge in [0.05, 0.1) is 32.9 Å². The van der Waals surface area contributed by atoms with Crippen LogP contribution >= 0.6 is 0 Å². The van der Waals surface area contributed by atoms with Gasteiger partial charge in [0.15, 0.2) is 23.0 Å². The molecule has 0 saturated carbocycles. The number of ether oxygens (including phenoxy) is 5. The summed E-state index contributed by atoms with van der Waals surface area (Å²) in [6, 6.07) is 5.32. The first-order chi connectivity index (χ1) is 14.5. The minimum absolute atomic E-state index is 0. The number of methoxy groups -OCH3 is 3. The van der Waals surface area contributed by atoms with Gasteiger partial charge in [-0.3, -0.25) is 0 Å². The zero-order valence-electron chi connectivity index (χ0n) is 18.2. The first kappa shape index (κ1) is 23.1. The smallest absolute Gasteiger partial charge is 0.545 e. The van der Waals surface area contributed by atoms with Crippen molar-refractivity contribution in [3.05, 3.63) is 40.5 Å². The molecule has 31 heavy (non-hydrogen) atoms. The maximum Gasteiger partial charge on any atom is 1.00 e. The van der Waals surface area contributed by atoms with E-state index in [1.54, 1.807) is 19.2 Å². The summed E-state index contributed by atoms with van der Waals surface area (Å²) in [4.78, 5) is 14.1. The van der Waals surface area contributed by atoms with Crippen LogP contribution in [0, 0.1) is 0 Å². The first-order valence-corrected chi connectivity index (χ1v) is 9.39. The molecule has 2 aromatic carbocycles. The van der Waals surface area contributed by atoms with E-state index in [-0.39, 0.29) is 47.7 Å². The molecule has 2 aromatic rings. The van der Waals surface area contributed by atoms with Gasteiger partial charge in [0.2, 0.25) is 12.5 Å². The van der Waals surface area contributed by atoms with Gasteiger partial charge in [-0.1, -0.05) is 0 Å². The van der Waals surface area contributed by atoms with Crippen LogP contribution in [-0.4, -0.2) is 52.6 Å². The molecule has 8 nitrogen and oxygen atoms in total. The van der Waals surface area contributed by atoms with E-state index < -0.39 is 5.97 Å². The molecule has 2 heterocycles. The molecular weight excluding hydrogens is 413 g/mol. The number of carboxylic acids is 1. The van der Waals surface area contributed by atoms with Gasteiger partial charge in [-0.2, -0.15) is 0 Å². The third-order valence-electron chi connectivity index (χ3n) is 5.38. The fourth-order valence-corrected chi connectivity index (χ4v) is 3.93. The number of nitrogens with zero attached hydrogens (tertiary/aromatic N) is 1. The number of rotatable bonds is 5. The summed E-state index contributed by atoms with van der Waals surface area (Å²) in [6.45, 7) is 0.790. The van der Waals surface area contributed by atoms with Crippen molar-refractivity contribution < 1.29 is 63.1 Å². The molecule has 0 radical (unpaired) electrons. The van der Waals surface area contributed by atoms with Crippen molar-refractivity contribution in [1.29, 1.82) is 0 Å². The van der Waals surface area contributed by atoms with E-state index >= 15 is 0 Å². The predicted octanol–water partition coefficient (Wildman–Crippen LogP) is -1.21. The monoisotopic (exact) mass is 435 g/mol. The largest absolute Gasteiger partial charge is 1.00 e. The molecule has 0 saturated heterocycles. The molecule has 2 aliphatic rings. The van der Waals surface area contributed by atoms with E-state index in [4.69, 9.17) is 23.7 Å². The van der Waals surface area contributed by atoms with Crippen LogP contribution in [0.1, 0.15) is 27.0 Å². The number of hydrogen-bond acceptors (Lipinski definition) is 8. The van der Waals surface area contributed by atoms with Crippen molar-refractivity contribution in [3.8, 4) is 28.7 Å². The Bertz CT molecular complexity index is 1050. The van der Waals surface area contributed by atoms with Crippen molar-refractivity contribution in [2.75, 3.05) is 41.7 Å². The van der Waals surface area contributed by atoms with Crippen LogP contribution in [0.4, 0.5) is 0 Å². The maximum absolute atomic E-state index is 12.1. The Labute approximate surface area is 202 Å². The van der Waals surface area contributed by atoms with Crippen molar-refractivity contribution >= 4 is 17.7 Å². The van der Waals surface area contributed by atoms with Crippen LogP contribution in [-0.2, 0) is 6.42 Å². The minimum atomic E-state index is -1.35. The van der Waals surface area contributed by atoms with Crippen LogP contribution in [0.3, 0.4) is 0 Å². The summed E-state index contributed by atoms with van der Waals surface area (Å²) in [5, 5.41) is 12.1. The zero-order chi connectivity index (χ0) is 21.4. The van der Waals surface area contributed by atoms with Crippen LogP contribution in [0.2, 0.25) is 0 Å². The zero-order valence-corrected chi connectivity index (χ0v) is 20.2.